The van der Waals surface area contributed by atoms with Crippen molar-refractivity contribution >= 4 is 28.7 Å². The zero-order valence-electron chi connectivity index (χ0n) is 15.4. The van der Waals surface area contributed by atoms with Crippen LogP contribution >= 0.6 is 0 Å². The Morgan fingerprint density at radius 1 is 0.846 bits per heavy atom. The number of nitrogens with zero attached hydrogens (tertiary/aromatic N) is 3. The van der Waals surface area contributed by atoms with Gasteiger partial charge < -0.3 is 20.3 Å². The summed E-state index contributed by atoms with van der Waals surface area (Å²) in [6.45, 7) is 1.87. The minimum absolute atomic E-state index is 0.685. The summed E-state index contributed by atoms with van der Waals surface area (Å²) < 4.78 is 5.26. The summed E-state index contributed by atoms with van der Waals surface area (Å²) in [5.74, 6) is 2.93. The van der Waals surface area contributed by atoms with Gasteiger partial charge in [0.15, 0.2) is 0 Å². The molecule has 0 saturated carbocycles. The van der Waals surface area contributed by atoms with Crippen LogP contribution in [0, 0.1) is 6.92 Å². The summed E-state index contributed by atoms with van der Waals surface area (Å²) in [6, 6.07) is 17.8. The molecule has 1 heterocycles. The lowest BCUT2D eigenvalue weighted by Gasteiger charge is -2.14. The van der Waals surface area contributed by atoms with Crippen LogP contribution in [0.3, 0.4) is 0 Å². The fourth-order valence-electron chi connectivity index (χ4n) is 2.54. The second-order valence-electron chi connectivity index (χ2n) is 6.11. The molecule has 0 aliphatic carbocycles. The highest BCUT2D eigenvalue weighted by Gasteiger charge is 2.05. The first-order valence-electron chi connectivity index (χ1n) is 8.34. The molecular formula is C20H23N5O. The summed E-state index contributed by atoms with van der Waals surface area (Å²) >= 11 is 0. The Morgan fingerprint density at radius 3 is 2.12 bits per heavy atom. The Hall–Kier alpha value is -3.28. The van der Waals surface area contributed by atoms with E-state index in [4.69, 9.17) is 4.74 Å². The number of benzene rings is 2. The number of methoxy groups -OCH3 is 1. The predicted octanol–water partition coefficient (Wildman–Crippen LogP) is 4.35. The molecule has 0 aliphatic heterocycles. The number of anilines is 5. The zero-order chi connectivity index (χ0) is 18.5. The number of aryl methyl sites for hydroxylation is 1. The number of hydrogen-bond donors (Lipinski definition) is 2. The van der Waals surface area contributed by atoms with Crippen LogP contribution in [0.4, 0.5) is 28.7 Å². The fourth-order valence-corrected chi connectivity index (χ4v) is 2.54. The average Bonchev–Trinajstić information content (AvgIpc) is 2.62. The summed E-state index contributed by atoms with van der Waals surface area (Å²) in [4.78, 5) is 11.0. The molecule has 0 fully saturated rings. The van der Waals surface area contributed by atoms with Crippen molar-refractivity contribution in [3.63, 3.8) is 0 Å². The first-order chi connectivity index (χ1) is 12.5. The van der Waals surface area contributed by atoms with Gasteiger partial charge in [0, 0.05) is 43.3 Å². The molecule has 134 valence electrons. The molecule has 3 rings (SSSR count). The van der Waals surface area contributed by atoms with E-state index in [1.165, 1.54) is 0 Å². The first kappa shape index (κ1) is 17.5. The van der Waals surface area contributed by atoms with E-state index in [0.717, 1.165) is 34.4 Å². The lowest BCUT2D eigenvalue weighted by Crippen LogP contribution is -2.08. The molecule has 0 unspecified atom stereocenters. The normalized spacial score (nSPS) is 10.3. The second-order valence-corrected chi connectivity index (χ2v) is 6.11. The van der Waals surface area contributed by atoms with Crippen LogP contribution in [0.25, 0.3) is 0 Å². The quantitative estimate of drug-likeness (QED) is 0.690. The van der Waals surface area contributed by atoms with Crippen molar-refractivity contribution in [3.05, 3.63) is 60.4 Å². The van der Waals surface area contributed by atoms with Gasteiger partial charge in [0.05, 0.1) is 7.11 Å². The van der Waals surface area contributed by atoms with Crippen molar-refractivity contribution < 1.29 is 4.74 Å². The maximum atomic E-state index is 5.26. The molecule has 2 aromatic carbocycles. The molecule has 0 amide bonds. The van der Waals surface area contributed by atoms with Gasteiger partial charge in [-0.15, -0.1) is 0 Å². The minimum Gasteiger partial charge on any atom is -0.497 e. The molecule has 0 aliphatic rings. The van der Waals surface area contributed by atoms with Gasteiger partial charge in [-0.05, 0) is 43.3 Å². The Morgan fingerprint density at radius 2 is 1.50 bits per heavy atom. The van der Waals surface area contributed by atoms with E-state index in [0.29, 0.717) is 5.82 Å². The van der Waals surface area contributed by atoms with Crippen LogP contribution in [-0.4, -0.2) is 31.2 Å². The van der Waals surface area contributed by atoms with Crippen LogP contribution in [-0.2, 0) is 0 Å². The zero-order valence-corrected chi connectivity index (χ0v) is 15.4. The summed E-state index contributed by atoms with van der Waals surface area (Å²) in [5.41, 5.74) is 3.03. The molecule has 2 N–H and O–H groups in total. The maximum absolute atomic E-state index is 5.26. The smallest absolute Gasteiger partial charge is 0.136 e. The van der Waals surface area contributed by atoms with Crippen molar-refractivity contribution in [2.24, 2.45) is 0 Å². The molecule has 3 aromatic rings. The third-order valence-corrected chi connectivity index (χ3v) is 3.84. The van der Waals surface area contributed by atoms with Gasteiger partial charge in [-0.2, -0.15) is 0 Å². The number of nitrogens with one attached hydrogen (secondary N) is 2. The summed E-state index contributed by atoms with van der Waals surface area (Å²) in [5, 5.41) is 6.62. The van der Waals surface area contributed by atoms with Gasteiger partial charge in [-0.1, -0.05) is 6.07 Å². The summed E-state index contributed by atoms with van der Waals surface area (Å²) in [7, 11) is 5.69. The van der Waals surface area contributed by atoms with Gasteiger partial charge in [-0.25, -0.2) is 9.97 Å². The van der Waals surface area contributed by atoms with E-state index >= 15 is 0 Å². The van der Waals surface area contributed by atoms with Crippen LogP contribution in [0.2, 0.25) is 0 Å². The Labute approximate surface area is 153 Å². The van der Waals surface area contributed by atoms with E-state index in [-0.39, 0.29) is 0 Å². The van der Waals surface area contributed by atoms with Crippen molar-refractivity contribution in [2.45, 2.75) is 6.92 Å². The van der Waals surface area contributed by atoms with Crippen LogP contribution in [0.15, 0.2) is 54.6 Å². The monoisotopic (exact) mass is 349 g/mol. The molecule has 6 nitrogen and oxygen atoms in total. The molecule has 0 saturated heterocycles. The first-order valence-corrected chi connectivity index (χ1v) is 8.34. The lowest BCUT2D eigenvalue weighted by molar-refractivity contribution is 0.415. The van der Waals surface area contributed by atoms with Gasteiger partial charge >= 0.3 is 0 Å². The molecule has 0 radical (unpaired) electrons. The maximum Gasteiger partial charge on any atom is 0.136 e. The van der Waals surface area contributed by atoms with Gasteiger partial charge in [0.2, 0.25) is 0 Å². The van der Waals surface area contributed by atoms with Gasteiger partial charge in [0.1, 0.15) is 23.2 Å². The minimum atomic E-state index is 0.685. The third-order valence-electron chi connectivity index (χ3n) is 3.84. The molecular weight excluding hydrogens is 326 g/mol. The van der Waals surface area contributed by atoms with Gasteiger partial charge in [0.25, 0.3) is 0 Å². The molecule has 1 aromatic heterocycles. The average molecular weight is 349 g/mol. The van der Waals surface area contributed by atoms with Crippen molar-refractivity contribution in [3.8, 4) is 5.75 Å². The van der Waals surface area contributed by atoms with Crippen LogP contribution < -0.4 is 20.3 Å². The van der Waals surface area contributed by atoms with Crippen molar-refractivity contribution in [1.29, 1.82) is 0 Å². The van der Waals surface area contributed by atoms with Crippen molar-refractivity contribution in [1.82, 2.24) is 9.97 Å². The van der Waals surface area contributed by atoms with E-state index in [1.54, 1.807) is 7.11 Å². The molecule has 0 spiro atoms. The topological polar surface area (TPSA) is 62.3 Å². The van der Waals surface area contributed by atoms with E-state index in [9.17, 15) is 0 Å². The number of hydrogen-bond acceptors (Lipinski definition) is 6. The Kier molecular flexibility index (Phi) is 5.22. The van der Waals surface area contributed by atoms with Gasteiger partial charge in [-0.3, -0.25) is 0 Å². The Balaban J connectivity index is 1.78. The molecule has 6 heteroatoms. The van der Waals surface area contributed by atoms with E-state index in [1.807, 2.05) is 63.5 Å². The van der Waals surface area contributed by atoms with E-state index < -0.39 is 0 Å². The number of ether oxygens (including phenoxy) is 1. The van der Waals surface area contributed by atoms with Crippen molar-refractivity contribution in [2.75, 3.05) is 36.7 Å². The molecule has 0 bridgehead atoms. The number of rotatable bonds is 6. The predicted molar refractivity (Wildman–Crippen MR) is 107 cm³/mol. The van der Waals surface area contributed by atoms with Crippen LogP contribution in [0.5, 0.6) is 5.75 Å². The lowest BCUT2D eigenvalue weighted by atomic mass is 10.2. The molecule has 0 atom stereocenters. The highest BCUT2D eigenvalue weighted by Crippen LogP contribution is 2.24. The fraction of sp³-hybridized carbons (Fsp3) is 0.200. The third kappa shape index (κ3) is 4.42. The second kappa shape index (κ2) is 7.74. The molecule has 26 heavy (non-hydrogen) atoms. The number of aromatic nitrogens is 2. The largest absolute Gasteiger partial charge is 0.497 e. The highest BCUT2D eigenvalue weighted by molar-refractivity contribution is 5.65. The Bertz CT molecular complexity index is 878. The SMILES string of the molecule is COc1cccc(Nc2cc(Nc3ccc(N(C)C)cc3)nc(C)n2)c1. The standard InChI is InChI=1S/C20H23N5O/c1-14-21-19(23-15-8-10-17(11-9-15)25(2)3)13-20(22-14)24-16-6-5-7-18(12-16)26-4/h5-13H,1-4H3,(H2,21,22,23,24). The highest BCUT2D eigenvalue weighted by atomic mass is 16.5. The summed E-state index contributed by atoms with van der Waals surface area (Å²) in [6.07, 6.45) is 0. The van der Waals surface area contributed by atoms with E-state index in [2.05, 4.69) is 37.6 Å². The van der Waals surface area contributed by atoms with Crippen LogP contribution in [0.1, 0.15) is 5.82 Å².